The molecule has 3 N–H and O–H groups in total. The van der Waals surface area contributed by atoms with Crippen LogP contribution in [0, 0.1) is 0 Å². The lowest BCUT2D eigenvalue weighted by Crippen LogP contribution is -2.54. The Morgan fingerprint density at radius 2 is 1.58 bits per heavy atom. The Labute approximate surface area is 185 Å². The molecular formula is C19H20F6N4O3S. The summed E-state index contributed by atoms with van der Waals surface area (Å²) >= 11 is 0. The standard InChI is InChI=1S/C19H20F6N4O3S/c1-12-11-28(33(31,32)15-6-7-16(26)27-10-15)8-9-29(12)14-4-2-13(3-5-14)17(30,18(20,21)22)19(23,24)25/h2-7,10,12,30H,8-9,11H2,1H3,(H2,26,27). The van der Waals surface area contributed by atoms with Crippen LogP contribution in [0.15, 0.2) is 47.5 Å². The molecule has 0 radical (unpaired) electrons. The Morgan fingerprint density at radius 1 is 1.00 bits per heavy atom. The highest BCUT2D eigenvalue weighted by molar-refractivity contribution is 7.89. The second-order valence-electron chi connectivity index (χ2n) is 7.58. The van der Waals surface area contributed by atoms with Crippen LogP contribution in [0.5, 0.6) is 0 Å². The smallest absolute Gasteiger partial charge is 0.384 e. The van der Waals surface area contributed by atoms with Crippen molar-refractivity contribution in [3.05, 3.63) is 48.2 Å². The van der Waals surface area contributed by atoms with Crippen molar-refractivity contribution in [2.24, 2.45) is 0 Å². The second-order valence-corrected chi connectivity index (χ2v) is 9.51. The van der Waals surface area contributed by atoms with Gasteiger partial charge in [0.15, 0.2) is 0 Å². The van der Waals surface area contributed by atoms with Crippen LogP contribution in [-0.4, -0.2) is 60.8 Å². The maximum Gasteiger partial charge on any atom is 0.430 e. The summed E-state index contributed by atoms with van der Waals surface area (Å²) in [6.07, 6.45) is -10.8. The third kappa shape index (κ3) is 4.46. The molecule has 1 aliphatic heterocycles. The number of sulfonamides is 1. The summed E-state index contributed by atoms with van der Waals surface area (Å²) in [6.45, 7) is 1.83. The van der Waals surface area contributed by atoms with Gasteiger partial charge in [-0.2, -0.15) is 30.6 Å². The fourth-order valence-electron chi connectivity index (χ4n) is 3.60. The highest BCUT2D eigenvalue weighted by Gasteiger charge is 2.71. The number of hydrogen-bond acceptors (Lipinski definition) is 6. The zero-order chi connectivity index (χ0) is 24.8. The molecule has 33 heavy (non-hydrogen) atoms. The lowest BCUT2D eigenvalue weighted by molar-refractivity contribution is -0.376. The van der Waals surface area contributed by atoms with E-state index in [0.29, 0.717) is 12.1 Å². The molecule has 1 fully saturated rings. The van der Waals surface area contributed by atoms with Gasteiger partial charge in [-0.15, -0.1) is 0 Å². The minimum Gasteiger partial charge on any atom is -0.384 e. The number of aliphatic hydroxyl groups is 1. The molecular weight excluding hydrogens is 478 g/mol. The molecule has 2 heterocycles. The molecule has 7 nitrogen and oxygen atoms in total. The molecule has 3 rings (SSSR count). The van der Waals surface area contributed by atoms with Gasteiger partial charge in [-0.3, -0.25) is 0 Å². The Morgan fingerprint density at radius 3 is 2.03 bits per heavy atom. The highest BCUT2D eigenvalue weighted by atomic mass is 32.2. The molecule has 0 aliphatic carbocycles. The van der Waals surface area contributed by atoms with Gasteiger partial charge in [0.25, 0.3) is 5.60 Å². The Balaban J connectivity index is 1.81. The fourth-order valence-corrected chi connectivity index (χ4v) is 5.06. The molecule has 1 atom stereocenters. The number of rotatable bonds is 4. The number of piperazine rings is 1. The van der Waals surface area contributed by atoms with Gasteiger partial charge in [-0.1, -0.05) is 12.1 Å². The maximum absolute atomic E-state index is 13.1. The number of nitrogen functional groups attached to an aromatic ring is 1. The third-order valence-electron chi connectivity index (χ3n) is 5.42. The summed E-state index contributed by atoms with van der Waals surface area (Å²) < 4.78 is 105. The van der Waals surface area contributed by atoms with E-state index < -0.39 is 39.6 Å². The third-order valence-corrected chi connectivity index (χ3v) is 7.27. The summed E-state index contributed by atoms with van der Waals surface area (Å²) in [7, 11) is -3.87. The first-order valence-corrected chi connectivity index (χ1v) is 11.0. The fraction of sp³-hybridized carbons (Fsp3) is 0.421. The Kier molecular flexibility index (Phi) is 6.32. The summed E-state index contributed by atoms with van der Waals surface area (Å²) in [5.74, 6) is 0.151. The number of hydrogen-bond donors (Lipinski definition) is 2. The number of aromatic nitrogens is 1. The van der Waals surface area contributed by atoms with E-state index in [1.54, 1.807) is 11.8 Å². The molecule has 1 saturated heterocycles. The topological polar surface area (TPSA) is 99.8 Å². The SMILES string of the molecule is CC1CN(S(=O)(=O)c2ccc(N)nc2)CCN1c1ccc(C(O)(C(F)(F)F)C(F)(F)F)cc1. The first-order chi connectivity index (χ1) is 15.1. The van der Waals surface area contributed by atoms with Crippen molar-refractivity contribution in [2.75, 3.05) is 30.3 Å². The van der Waals surface area contributed by atoms with E-state index in [0.717, 1.165) is 18.3 Å². The van der Waals surface area contributed by atoms with Gasteiger partial charge in [-0.25, -0.2) is 13.4 Å². The lowest BCUT2D eigenvalue weighted by atomic mass is 9.92. The van der Waals surface area contributed by atoms with Gasteiger partial charge in [-0.05, 0) is 31.2 Å². The molecule has 0 saturated carbocycles. The molecule has 0 spiro atoms. The summed E-state index contributed by atoms with van der Waals surface area (Å²) in [4.78, 5) is 5.36. The number of nitrogens with two attached hydrogens (primary N) is 1. The van der Waals surface area contributed by atoms with Gasteiger partial charge in [0.1, 0.15) is 10.7 Å². The molecule has 0 bridgehead atoms. The summed E-state index contributed by atoms with van der Waals surface area (Å²) in [6, 6.07) is 5.39. The lowest BCUT2D eigenvalue weighted by Gasteiger charge is -2.40. The van der Waals surface area contributed by atoms with Gasteiger partial charge in [0.05, 0.1) is 0 Å². The molecule has 2 aromatic rings. The minimum atomic E-state index is -5.98. The van der Waals surface area contributed by atoms with Gasteiger partial charge >= 0.3 is 12.4 Å². The minimum absolute atomic E-state index is 0.0174. The van der Waals surface area contributed by atoms with E-state index in [2.05, 4.69) is 4.98 Å². The number of benzene rings is 1. The quantitative estimate of drug-likeness (QED) is 0.629. The van der Waals surface area contributed by atoms with Crippen LogP contribution in [0.25, 0.3) is 0 Å². The molecule has 1 aromatic heterocycles. The van der Waals surface area contributed by atoms with Crippen molar-refractivity contribution >= 4 is 21.5 Å². The van der Waals surface area contributed by atoms with Crippen LogP contribution in [0.2, 0.25) is 0 Å². The zero-order valence-electron chi connectivity index (χ0n) is 17.1. The van der Waals surface area contributed by atoms with Crippen LogP contribution in [0.1, 0.15) is 12.5 Å². The normalized spacial score (nSPS) is 19.0. The predicted molar refractivity (Wildman–Crippen MR) is 107 cm³/mol. The molecule has 1 aliphatic rings. The first kappa shape index (κ1) is 25.1. The summed E-state index contributed by atoms with van der Waals surface area (Å²) in [5, 5.41) is 9.51. The Hall–Kier alpha value is -2.58. The van der Waals surface area contributed by atoms with Crippen LogP contribution >= 0.6 is 0 Å². The van der Waals surface area contributed by atoms with Crippen molar-refractivity contribution in [2.45, 2.75) is 35.8 Å². The van der Waals surface area contributed by atoms with Crippen molar-refractivity contribution < 1.29 is 39.9 Å². The average molecular weight is 498 g/mol. The van der Waals surface area contributed by atoms with E-state index in [-0.39, 0.29) is 36.0 Å². The zero-order valence-corrected chi connectivity index (χ0v) is 17.9. The van der Waals surface area contributed by atoms with Crippen LogP contribution in [0.4, 0.5) is 37.8 Å². The molecule has 1 aromatic carbocycles. The number of nitrogens with zero attached hydrogens (tertiary/aromatic N) is 3. The first-order valence-electron chi connectivity index (χ1n) is 9.53. The van der Waals surface area contributed by atoms with Crippen LogP contribution in [0.3, 0.4) is 0 Å². The van der Waals surface area contributed by atoms with E-state index in [1.807, 2.05) is 0 Å². The van der Waals surface area contributed by atoms with E-state index in [4.69, 9.17) is 5.73 Å². The van der Waals surface area contributed by atoms with Crippen molar-refractivity contribution in [3.8, 4) is 0 Å². The van der Waals surface area contributed by atoms with E-state index >= 15 is 0 Å². The average Bonchev–Trinajstić information content (AvgIpc) is 2.72. The van der Waals surface area contributed by atoms with Gasteiger partial charge in [0.2, 0.25) is 10.0 Å². The van der Waals surface area contributed by atoms with E-state index in [1.165, 1.54) is 16.4 Å². The van der Waals surface area contributed by atoms with E-state index in [9.17, 15) is 39.9 Å². The molecule has 1 unspecified atom stereocenters. The van der Waals surface area contributed by atoms with Crippen molar-refractivity contribution in [1.82, 2.24) is 9.29 Å². The number of pyridine rings is 1. The molecule has 0 amide bonds. The van der Waals surface area contributed by atoms with Crippen LogP contribution < -0.4 is 10.6 Å². The largest absolute Gasteiger partial charge is 0.430 e. The van der Waals surface area contributed by atoms with Gasteiger partial charge in [0, 0.05) is 43.1 Å². The predicted octanol–water partition coefficient (Wildman–Crippen LogP) is 2.88. The number of alkyl halides is 6. The number of anilines is 2. The Bertz CT molecular complexity index is 1070. The second kappa shape index (κ2) is 8.33. The van der Waals surface area contributed by atoms with Crippen LogP contribution in [-0.2, 0) is 15.6 Å². The highest BCUT2D eigenvalue weighted by Crippen LogP contribution is 2.50. The van der Waals surface area contributed by atoms with Gasteiger partial charge < -0.3 is 15.7 Å². The van der Waals surface area contributed by atoms with Crippen molar-refractivity contribution in [3.63, 3.8) is 0 Å². The molecule has 14 heteroatoms. The summed E-state index contributed by atoms with van der Waals surface area (Å²) in [5.41, 5.74) is -0.622. The number of halogens is 6. The monoisotopic (exact) mass is 498 g/mol. The van der Waals surface area contributed by atoms with Crippen molar-refractivity contribution in [1.29, 1.82) is 0 Å². The molecule has 182 valence electrons. The maximum atomic E-state index is 13.1.